The van der Waals surface area contributed by atoms with Crippen LogP contribution in [0.1, 0.15) is 18.1 Å². The van der Waals surface area contributed by atoms with Crippen LogP contribution in [-0.4, -0.2) is 42.0 Å². The molecule has 23 heavy (non-hydrogen) atoms. The second-order valence-corrected chi connectivity index (χ2v) is 5.26. The molecule has 0 fully saturated rings. The van der Waals surface area contributed by atoms with Gasteiger partial charge in [0, 0.05) is 32.0 Å². The summed E-state index contributed by atoms with van der Waals surface area (Å²) in [6.45, 7) is 3.57. The van der Waals surface area contributed by atoms with Gasteiger partial charge in [0.1, 0.15) is 6.73 Å². The van der Waals surface area contributed by atoms with E-state index in [0.717, 1.165) is 22.0 Å². The maximum atomic E-state index is 11.8. The maximum Gasteiger partial charge on any atom is 0.347 e. The Labute approximate surface area is 134 Å². The topological polar surface area (TPSA) is 79.7 Å². The fourth-order valence-corrected chi connectivity index (χ4v) is 2.47. The molecule has 2 aromatic rings. The molecule has 0 saturated carbocycles. The first-order valence-electron chi connectivity index (χ1n) is 7.15. The molecular formula is C16H20N2O5. The minimum atomic E-state index is -0.955. The van der Waals surface area contributed by atoms with Gasteiger partial charge < -0.3 is 14.2 Å². The van der Waals surface area contributed by atoms with Crippen LogP contribution >= 0.6 is 0 Å². The van der Waals surface area contributed by atoms with Crippen LogP contribution in [0.15, 0.2) is 18.3 Å². The lowest BCUT2D eigenvalue weighted by atomic mass is 10.0. The van der Waals surface area contributed by atoms with Crippen molar-refractivity contribution in [2.24, 2.45) is 0 Å². The van der Waals surface area contributed by atoms with E-state index >= 15 is 0 Å². The van der Waals surface area contributed by atoms with E-state index in [0.29, 0.717) is 6.73 Å². The van der Waals surface area contributed by atoms with Gasteiger partial charge in [0.15, 0.2) is 0 Å². The van der Waals surface area contributed by atoms with Crippen LogP contribution in [0.2, 0.25) is 0 Å². The Bertz CT molecular complexity index is 723. The van der Waals surface area contributed by atoms with Crippen molar-refractivity contribution in [2.75, 3.05) is 14.2 Å². The normalized spacial score (nSPS) is 12.2. The van der Waals surface area contributed by atoms with Crippen molar-refractivity contribution in [1.29, 1.82) is 0 Å². The van der Waals surface area contributed by atoms with E-state index in [1.165, 1.54) is 14.0 Å². The molecule has 0 unspecified atom stereocenters. The van der Waals surface area contributed by atoms with Gasteiger partial charge >= 0.3 is 11.9 Å². The predicted molar refractivity (Wildman–Crippen MR) is 82.8 cm³/mol. The standard InChI is InChI=1S/C16H20N2O5/c1-10-5-12(7-14(16(20)22-4)23-11(2)19)6-13-8-18(9-21-3)17-15(10)13/h5-6,8,14H,7,9H2,1-4H3/t14-/m1/s1. The lowest BCUT2D eigenvalue weighted by molar-refractivity contribution is -0.164. The minimum Gasteiger partial charge on any atom is -0.466 e. The van der Waals surface area contributed by atoms with E-state index in [1.807, 2.05) is 25.3 Å². The number of esters is 2. The summed E-state index contributed by atoms with van der Waals surface area (Å²) >= 11 is 0. The summed E-state index contributed by atoms with van der Waals surface area (Å²) in [4.78, 5) is 22.9. The molecule has 1 heterocycles. The number of aromatic nitrogens is 2. The summed E-state index contributed by atoms with van der Waals surface area (Å²) in [6, 6.07) is 3.84. The molecule has 2 rings (SSSR count). The molecule has 0 radical (unpaired) electrons. The van der Waals surface area contributed by atoms with Gasteiger partial charge in [-0.2, -0.15) is 5.10 Å². The summed E-state index contributed by atoms with van der Waals surface area (Å²) in [7, 11) is 2.87. The Hall–Kier alpha value is -2.41. The number of aryl methyl sites for hydroxylation is 1. The zero-order valence-electron chi connectivity index (χ0n) is 13.7. The number of rotatable bonds is 6. The maximum absolute atomic E-state index is 11.8. The molecule has 1 aromatic carbocycles. The average Bonchev–Trinajstić information content (AvgIpc) is 2.89. The zero-order valence-corrected chi connectivity index (χ0v) is 13.7. The van der Waals surface area contributed by atoms with Crippen LogP contribution in [-0.2, 0) is 37.0 Å². The summed E-state index contributed by atoms with van der Waals surface area (Å²) in [5.41, 5.74) is 2.70. The minimum absolute atomic E-state index is 0.249. The lowest BCUT2D eigenvalue weighted by Gasteiger charge is -2.15. The number of carbonyl (C=O) groups is 2. The van der Waals surface area contributed by atoms with Crippen LogP contribution in [0.3, 0.4) is 0 Å². The third-order valence-corrected chi connectivity index (χ3v) is 3.36. The van der Waals surface area contributed by atoms with Gasteiger partial charge in [0.2, 0.25) is 6.10 Å². The molecule has 1 aromatic heterocycles. The molecule has 0 spiro atoms. The van der Waals surface area contributed by atoms with Gasteiger partial charge in [-0.05, 0) is 24.1 Å². The van der Waals surface area contributed by atoms with E-state index in [-0.39, 0.29) is 6.42 Å². The quantitative estimate of drug-likeness (QED) is 0.752. The van der Waals surface area contributed by atoms with Gasteiger partial charge in [-0.25, -0.2) is 9.48 Å². The molecule has 7 heteroatoms. The highest BCUT2D eigenvalue weighted by Crippen LogP contribution is 2.21. The second-order valence-electron chi connectivity index (χ2n) is 5.26. The zero-order chi connectivity index (χ0) is 17.0. The third kappa shape index (κ3) is 4.07. The van der Waals surface area contributed by atoms with Crippen LogP contribution in [0, 0.1) is 6.92 Å². The molecule has 124 valence electrons. The molecular weight excluding hydrogens is 300 g/mol. The third-order valence-electron chi connectivity index (χ3n) is 3.36. The van der Waals surface area contributed by atoms with Crippen molar-refractivity contribution in [3.63, 3.8) is 0 Å². The fourth-order valence-electron chi connectivity index (χ4n) is 2.47. The van der Waals surface area contributed by atoms with Gasteiger partial charge in [-0.1, -0.05) is 6.07 Å². The molecule has 0 aliphatic rings. The number of ether oxygens (including phenoxy) is 3. The number of carbonyl (C=O) groups excluding carboxylic acids is 2. The molecule has 0 amide bonds. The largest absolute Gasteiger partial charge is 0.466 e. The molecule has 0 N–H and O–H groups in total. The van der Waals surface area contributed by atoms with Crippen molar-refractivity contribution in [2.45, 2.75) is 33.1 Å². The molecule has 0 aliphatic carbocycles. The second kappa shape index (κ2) is 7.23. The van der Waals surface area contributed by atoms with Crippen molar-refractivity contribution in [3.05, 3.63) is 29.5 Å². The van der Waals surface area contributed by atoms with Gasteiger partial charge in [0.25, 0.3) is 0 Å². The van der Waals surface area contributed by atoms with Gasteiger partial charge in [-0.15, -0.1) is 0 Å². The van der Waals surface area contributed by atoms with Crippen LogP contribution in [0.5, 0.6) is 0 Å². The number of fused-ring (bicyclic) bond motifs is 1. The van der Waals surface area contributed by atoms with Crippen molar-refractivity contribution in [1.82, 2.24) is 9.78 Å². The Morgan fingerprint density at radius 3 is 2.65 bits per heavy atom. The van der Waals surface area contributed by atoms with Crippen molar-refractivity contribution < 1.29 is 23.8 Å². The number of benzene rings is 1. The van der Waals surface area contributed by atoms with Crippen molar-refractivity contribution >= 4 is 22.8 Å². The lowest BCUT2D eigenvalue weighted by Crippen LogP contribution is -2.29. The highest BCUT2D eigenvalue weighted by Gasteiger charge is 2.23. The van der Waals surface area contributed by atoms with Crippen molar-refractivity contribution in [3.8, 4) is 0 Å². The monoisotopic (exact) mass is 320 g/mol. The average molecular weight is 320 g/mol. The first kappa shape index (κ1) is 17.0. The molecule has 0 bridgehead atoms. The summed E-state index contributed by atoms with van der Waals surface area (Å²) in [5.74, 6) is -1.10. The summed E-state index contributed by atoms with van der Waals surface area (Å²) in [6.07, 6.45) is 1.16. The summed E-state index contributed by atoms with van der Waals surface area (Å²) in [5, 5.41) is 5.37. The number of hydrogen-bond acceptors (Lipinski definition) is 6. The highest BCUT2D eigenvalue weighted by molar-refractivity contribution is 5.83. The van der Waals surface area contributed by atoms with E-state index in [9.17, 15) is 9.59 Å². The highest BCUT2D eigenvalue weighted by atomic mass is 16.6. The Balaban J connectivity index is 2.30. The Kier molecular flexibility index (Phi) is 5.33. The van der Waals surface area contributed by atoms with Crippen LogP contribution in [0.4, 0.5) is 0 Å². The number of methoxy groups -OCH3 is 2. The SMILES string of the molecule is COCn1cc2cc(C[C@@H](OC(C)=O)C(=O)OC)cc(C)c2n1. The Morgan fingerprint density at radius 2 is 2.04 bits per heavy atom. The first-order chi connectivity index (χ1) is 10.9. The Morgan fingerprint density at radius 1 is 1.30 bits per heavy atom. The van der Waals surface area contributed by atoms with E-state index in [4.69, 9.17) is 14.2 Å². The van der Waals surface area contributed by atoms with Gasteiger partial charge in [-0.3, -0.25) is 4.79 Å². The molecule has 1 atom stereocenters. The molecule has 0 aliphatic heterocycles. The summed E-state index contributed by atoms with van der Waals surface area (Å²) < 4.78 is 16.5. The number of nitrogens with zero attached hydrogens (tertiary/aromatic N) is 2. The molecule has 0 saturated heterocycles. The smallest absolute Gasteiger partial charge is 0.347 e. The van der Waals surface area contributed by atoms with E-state index in [1.54, 1.807) is 11.8 Å². The van der Waals surface area contributed by atoms with Crippen LogP contribution < -0.4 is 0 Å². The first-order valence-corrected chi connectivity index (χ1v) is 7.15. The van der Waals surface area contributed by atoms with E-state index in [2.05, 4.69) is 5.10 Å². The predicted octanol–water partition coefficient (Wildman–Crippen LogP) is 1.60. The molecule has 7 nitrogen and oxygen atoms in total. The fraction of sp³-hybridized carbons (Fsp3) is 0.438. The van der Waals surface area contributed by atoms with Crippen LogP contribution in [0.25, 0.3) is 10.9 Å². The number of hydrogen-bond donors (Lipinski definition) is 0. The van der Waals surface area contributed by atoms with E-state index < -0.39 is 18.0 Å². The van der Waals surface area contributed by atoms with Gasteiger partial charge in [0.05, 0.1) is 12.6 Å².